The van der Waals surface area contributed by atoms with E-state index in [0.717, 1.165) is 41.6 Å². The quantitative estimate of drug-likeness (QED) is 0.712. The third kappa shape index (κ3) is 4.48. The Kier molecular flexibility index (Phi) is 6.08. The molecule has 8 nitrogen and oxygen atoms in total. The van der Waals surface area contributed by atoms with E-state index >= 15 is 0 Å². The Hall–Kier alpha value is -2.90. The molecule has 2 aromatic rings. The standard InChI is InChI=1S/C25H32N6O2/c1-16-12-27-21(13-26-16)25(33)30-11-10-19(15-30)23-28-17(2)20-8-9-22(32)31(24(20)29-23)14-18-6-4-3-5-7-18/h12-13,18-19H,3-11,14-15H2,1-2H3. The van der Waals surface area contributed by atoms with Gasteiger partial charge in [-0.2, -0.15) is 0 Å². The van der Waals surface area contributed by atoms with Gasteiger partial charge in [-0.05, 0) is 45.4 Å². The number of carbonyl (C=O) groups is 2. The van der Waals surface area contributed by atoms with Crippen molar-refractivity contribution in [1.29, 1.82) is 0 Å². The molecule has 0 bridgehead atoms. The first-order chi connectivity index (χ1) is 16.0. The molecule has 33 heavy (non-hydrogen) atoms. The molecule has 0 N–H and O–H groups in total. The third-order valence-electron chi connectivity index (χ3n) is 7.36. The molecule has 174 valence electrons. The monoisotopic (exact) mass is 448 g/mol. The number of nitrogens with zero attached hydrogens (tertiary/aromatic N) is 6. The zero-order chi connectivity index (χ0) is 22.9. The first-order valence-corrected chi connectivity index (χ1v) is 12.3. The van der Waals surface area contributed by atoms with Crippen molar-refractivity contribution in [2.45, 2.75) is 71.1 Å². The zero-order valence-corrected chi connectivity index (χ0v) is 19.6. The first kappa shape index (κ1) is 21.9. The Balaban J connectivity index is 1.36. The predicted octanol–water partition coefficient (Wildman–Crippen LogP) is 3.37. The molecule has 0 spiro atoms. The minimum atomic E-state index is -0.103. The number of anilines is 1. The molecule has 4 heterocycles. The van der Waals surface area contributed by atoms with Crippen LogP contribution in [0.2, 0.25) is 0 Å². The molecular formula is C25H32N6O2. The summed E-state index contributed by atoms with van der Waals surface area (Å²) < 4.78 is 0. The number of likely N-dealkylation sites (tertiary alicyclic amines) is 1. The number of carbonyl (C=O) groups excluding carboxylic acids is 2. The second-order valence-electron chi connectivity index (χ2n) is 9.76. The van der Waals surface area contributed by atoms with Crippen molar-refractivity contribution < 1.29 is 9.59 Å². The predicted molar refractivity (Wildman–Crippen MR) is 124 cm³/mol. The van der Waals surface area contributed by atoms with E-state index in [1.807, 2.05) is 23.6 Å². The van der Waals surface area contributed by atoms with Crippen LogP contribution in [0.15, 0.2) is 12.4 Å². The molecule has 5 rings (SSSR count). The lowest BCUT2D eigenvalue weighted by molar-refractivity contribution is -0.119. The average molecular weight is 449 g/mol. The Morgan fingerprint density at radius 1 is 1.03 bits per heavy atom. The molecule has 3 aliphatic rings. The van der Waals surface area contributed by atoms with E-state index in [4.69, 9.17) is 9.97 Å². The SMILES string of the molecule is Cc1cnc(C(=O)N2CCC(c3nc(C)c4c(n3)N(CC3CCCCC3)C(=O)CC4)C2)cn1. The molecule has 2 aliphatic heterocycles. The van der Waals surface area contributed by atoms with E-state index in [1.165, 1.54) is 32.1 Å². The first-order valence-electron chi connectivity index (χ1n) is 12.3. The van der Waals surface area contributed by atoms with E-state index in [2.05, 4.69) is 9.97 Å². The van der Waals surface area contributed by atoms with Gasteiger partial charge in [-0.25, -0.2) is 15.0 Å². The molecule has 1 atom stereocenters. The molecule has 8 heteroatoms. The van der Waals surface area contributed by atoms with Gasteiger partial charge in [0.25, 0.3) is 5.91 Å². The number of aromatic nitrogens is 4. The van der Waals surface area contributed by atoms with Crippen molar-refractivity contribution in [3.8, 4) is 0 Å². The molecule has 0 radical (unpaired) electrons. The molecular weight excluding hydrogens is 416 g/mol. The second kappa shape index (κ2) is 9.15. The van der Waals surface area contributed by atoms with Crippen LogP contribution in [-0.4, -0.2) is 56.3 Å². The fraction of sp³-hybridized carbons (Fsp3) is 0.600. The van der Waals surface area contributed by atoms with E-state index in [9.17, 15) is 9.59 Å². The number of fused-ring (bicyclic) bond motifs is 1. The minimum Gasteiger partial charge on any atom is -0.337 e. The van der Waals surface area contributed by atoms with Crippen LogP contribution in [0.5, 0.6) is 0 Å². The van der Waals surface area contributed by atoms with Gasteiger partial charge in [0.2, 0.25) is 5.91 Å². The topological polar surface area (TPSA) is 92.2 Å². The van der Waals surface area contributed by atoms with Gasteiger partial charge in [-0.15, -0.1) is 0 Å². The van der Waals surface area contributed by atoms with Crippen molar-refractivity contribution in [3.05, 3.63) is 40.9 Å². The van der Waals surface area contributed by atoms with Crippen LogP contribution < -0.4 is 4.90 Å². The third-order valence-corrected chi connectivity index (χ3v) is 7.36. The number of hydrogen-bond acceptors (Lipinski definition) is 6. The van der Waals surface area contributed by atoms with Crippen LogP contribution >= 0.6 is 0 Å². The maximum Gasteiger partial charge on any atom is 0.274 e. The maximum absolute atomic E-state index is 12.9. The van der Waals surface area contributed by atoms with Crippen molar-refractivity contribution in [3.63, 3.8) is 0 Å². The maximum atomic E-state index is 12.9. The van der Waals surface area contributed by atoms with Gasteiger partial charge in [0.05, 0.1) is 11.9 Å². The van der Waals surface area contributed by atoms with E-state index < -0.39 is 0 Å². The number of rotatable bonds is 4. The van der Waals surface area contributed by atoms with Crippen molar-refractivity contribution in [1.82, 2.24) is 24.8 Å². The highest BCUT2D eigenvalue weighted by Gasteiger charge is 2.34. The Labute approximate surface area is 194 Å². The fourth-order valence-corrected chi connectivity index (χ4v) is 5.42. The number of amides is 2. The summed E-state index contributed by atoms with van der Waals surface area (Å²) >= 11 is 0. The summed E-state index contributed by atoms with van der Waals surface area (Å²) in [5.74, 6) is 2.26. The number of hydrogen-bond donors (Lipinski definition) is 0. The van der Waals surface area contributed by atoms with Crippen LogP contribution in [0.3, 0.4) is 0 Å². The Morgan fingerprint density at radius 2 is 1.85 bits per heavy atom. The summed E-state index contributed by atoms with van der Waals surface area (Å²) in [6.45, 7) is 5.85. The summed E-state index contributed by atoms with van der Waals surface area (Å²) in [6.07, 6.45) is 11.4. The number of aryl methyl sites for hydroxylation is 2. The molecule has 2 aromatic heterocycles. The van der Waals surface area contributed by atoms with Gasteiger partial charge < -0.3 is 4.90 Å². The molecule has 0 aromatic carbocycles. The van der Waals surface area contributed by atoms with Crippen LogP contribution in [-0.2, 0) is 11.2 Å². The van der Waals surface area contributed by atoms with E-state index in [1.54, 1.807) is 12.4 Å². The fourth-order valence-electron chi connectivity index (χ4n) is 5.42. The lowest BCUT2D eigenvalue weighted by atomic mass is 9.88. The van der Waals surface area contributed by atoms with Gasteiger partial charge in [-0.3, -0.25) is 19.5 Å². The summed E-state index contributed by atoms with van der Waals surface area (Å²) in [4.78, 5) is 47.8. The van der Waals surface area contributed by atoms with Gasteiger partial charge >= 0.3 is 0 Å². The van der Waals surface area contributed by atoms with Gasteiger partial charge in [0.15, 0.2) is 0 Å². The zero-order valence-electron chi connectivity index (χ0n) is 19.6. The highest BCUT2D eigenvalue weighted by atomic mass is 16.2. The van der Waals surface area contributed by atoms with Crippen LogP contribution in [0, 0.1) is 19.8 Å². The second-order valence-corrected chi connectivity index (χ2v) is 9.76. The van der Waals surface area contributed by atoms with E-state index in [-0.39, 0.29) is 17.7 Å². The van der Waals surface area contributed by atoms with Crippen molar-refractivity contribution >= 4 is 17.6 Å². The smallest absolute Gasteiger partial charge is 0.274 e. The normalized spacial score (nSPS) is 21.4. The van der Waals surface area contributed by atoms with Crippen LogP contribution in [0.4, 0.5) is 5.82 Å². The highest BCUT2D eigenvalue weighted by Crippen LogP contribution is 2.34. The molecule has 1 unspecified atom stereocenters. The Morgan fingerprint density at radius 3 is 2.61 bits per heavy atom. The summed E-state index contributed by atoms with van der Waals surface area (Å²) in [7, 11) is 0. The summed E-state index contributed by atoms with van der Waals surface area (Å²) in [5.41, 5.74) is 3.23. The Bertz CT molecular complexity index is 1050. The van der Waals surface area contributed by atoms with Gasteiger partial charge in [-0.1, -0.05) is 19.3 Å². The molecule has 2 amide bonds. The molecule has 1 aliphatic carbocycles. The largest absolute Gasteiger partial charge is 0.337 e. The summed E-state index contributed by atoms with van der Waals surface area (Å²) in [5, 5.41) is 0. The summed E-state index contributed by atoms with van der Waals surface area (Å²) in [6, 6.07) is 0. The van der Waals surface area contributed by atoms with E-state index in [0.29, 0.717) is 37.5 Å². The highest BCUT2D eigenvalue weighted by molar-refractivity contribution is 5.95. The van der Waals surface area contributed by atoms with Gasteiger partial charge in [0, 0.05) is 49.4 Å². The molecule has 1 saturated carbocycles. The van der Waals surface area contributed by atoms with Crippen molar-refractivity contribution in [2.24, 2.45) is 5.92 Å². The van der Waals surface area contributed by atoms with Gasteiger partial charge in [0.1, 0.15) is 17.3 Å². The molecule has 1 saturated heterocycles. The van der Waals surface area contributed by atoms with Crippen LogP contribution in [0.1, 0.15) is 84.1 Å². The molecule has 2 fully saturated rings. The lowest BCUT2D eigenvalue weighted by Gasteiger charge is -2.33. The van der Waals surface area contributed by atoms with Crippen LogP contribution in [0.25, 0.3) is 0 Å². The minimum absolute atomic E-state index is 0.0601. The lowest BCUT2D eigenvalue weighted by Crippen LogP contribution is -2.40. The average Bonchev–Trinajstić information content (AvgIpc) is 3.32. The van der Waals surface area contributed by atoms with Crippen molar-refractivity contribution in [2.75, 3.05) is 24.5 Å².